The van der Waals surface area contributed by atoms with Gasteiger partial charge in [-0.25, -0.2) is 0 Å². The molecule has 0 amide bonds. The molecule has 81 heavy (non-hydrogen) atoms. The average Bonchev–Trinajstić information content (AvgIpc) is 2.35. The molecule has 1 nitrogen and oxygen atoms in total. The second-order valence-electron chi connectivity index (χ2n) is 26.3. The highest BCUT2D eigenvalue weighted by Gasteiger charge is 2.33. The molecule has 10 aromatic carbocycles. The molecule has 11 rings (SSSR count). The van der Waals surface area contributed by atoms with Crippen LogP contribution in [0.3, 0.4) is 0 Å². The lowest BCUT2D eigenvalue weighted by molar-refractivity contribution is 0.675. The lowest BCUT2D eigenvalue weighted by Gasteiger charge is -2.32. The maximum atomic E-state index is 7.48. The molecule has 0 spiro atoms. The van der Waals surface area contributed by atoms with Crippen LogP contribution < -0.4 is 164 Å². The van der Waals surface area contributed by atoms with Crippen molar-refractivity contribution in [3.05, 3.63) is 0 Å². The first-order valence-corrected chi connectivity index (χ1v) is 30.2. The highest BCUT2D eigenvalue weighted by molar-refractivity contribution is 6.79. The van der Waals surface area contributed by atoms with Crippen LogP contribution >= 0.6 is 0 Å². The van der Waals surface area contributed by atoms with Crippen LogP contribution in [-0.2, 0) is 0 Å². The zero-order chi connectivity index (χ0) is 59.6. The van der Waals surface area contributed by atoms with Gasteiger partial charge in [0.15, 0.2) is 0 Å². The first-order chi connectivity index (χ1) is 37.8. The van der Waals surface area contributed by atoms with Gasteiger partial charge in [0.25, 0.3) is 0 Å². The van der Waals surface area contributed by atoms with E-state index in [0.29, 0.717) is 0 Å². The third-order valence-corrected chi connectivity index (χ3v) is 23.5. The Balaban J connectivity index is 1.37. The van der Waals surface area contributed by atoms with E-state index in [4.69, 9.17) is 4.42 Å². The fourth-order valence-electron chi connectivity index (χ4n) is 16.7. The van der Waals surface area contributed by atoms with Crippen LogP contribution in [0.4, 0.5) is 0 Å². The van der Waals surface area contributed by atoms with Gasteiger partial charge in [-0.3, -0.25) is 0 Å². The van der Waals surface area contributed by atoms with Gasteiger partial charge in [-0.15, -0.1) is 43.7 Å². The van der Waals surface area contributed by atoms with E-state index in [9.17, 15) is 0 Å². The lowest BCUT2D eigenvalue weighted by atomic mass is 9.55. The fourth-order valence-corrected chi connectivity index (χ4v) is 16.7. The number of fused-ring (bicyclic) bond motifs is 9. The minimum atomic E-state index is 1.02. The van der Waals surface area contributed by atoms with Crippen LogP contribution in [0.2, 0.25) is 0 Å². The number of rotatable bonds is 3. The van der Waals surface area contributed by atoms with Crippen molar-refractivity contribution < 1.29 is 4.42 Å². The summed E-state index contributed by atoms with van der Waals surface area (Å²) in [4.78, 5) is 0. The van der Waals surface area contributed by atoms with Gasteiger partial charge in [0.1, 0.15) is 247 Å². The Bertz CT molecular complexity index is 4820. The minimum absolute atomic E-state index is 1.02. The smallest absolute Gasteiger partial charge is 0.145 e. The summed E-state index contributed by atoms with van der Waals surface area (Å²) in [5.74, 6) is 0. The van der Waals surface area contributed by atoms with Gasteiger partial charge in [-0.1, -0.05) is 115 Å². The van der Waals surface area contributed by atoms with Crippen LogP contribution in [0, 0.1) is 0 Å². The van der Waals surface area contributed by atoms with E-state index >= 15 is 0 Å². The number of hydrogen-bond donors (Lipinski definition) is 0. The Labute approximate surface area is 509 Å². The topological polar surface area (TPSA) is 13.1 Å². The molecule has 31 heteroatoms. The molecule has 0 bridgehead atoms. The van der Waals surface area contributed by atoms with Gasteiger partial charge in [0, 0.05) is 10.8 Å². The zero-order valence-electron chi connectivity index (χ0n) is 55.4. The molecule has 0 saturated heterocycles. The normalized spacial score (nSPS) is 12.0. The summed E-state index contributed by atoms with van der Waals surface area (Å²) in [5, 5.41) is 16.5. The Morgan fingerprint density at radius 3 is 0.704 bits per heavy atom. The molecule has 0 unspecified atom stereocenters. The maximum absolute atomic E-state index is 7.48. The van der Waals surface area contributed by atoms with Gasteiger partial charge in [-0.05, 0) is 92.7 Å². The van der Waals surface area contributed by atoms with Crippen LogP contribution in [0.15, 0.2) is 4.42 Å². The number of furan rings is 1. The van der Waals surface area contributed by atoms with Crippen molar-refractivity contribution >= 4 is 475 Å². The molecule has 11 aromatic rings. The van der Waals surface area contributed by atoms with Crippen LogP contribution in [0.5, 0.6) is 0 Å². The quantitative estimate of drug-likeness (QED) is 0.0977. The van der Waals surface area contributed by atoms with E-state index in [0.717, 1.165) is 11.2 Å². The largest absolute Gasteiger partial charge is 0.457 e. The van der Waals surface area contributed by atoms with E-state index in [-0.39, 0.29) is 0 Å². The minimum Gasteiger partial charge on any atom is -0.457 e. The van der Waals surface area contributed by atoms with E-state index in [1.807, 2.05) is 0 Å². The molecule has 0 aliphatic rings. The molecule has 0 radical (unpaired) electrons. The predicted molar refractivity (Wildman–Crippen MR) is 463 cm³/mol. The molecule has 0 aliphatic carbocycles. The van der Waals surface area contributed by atoms with E-state index in [1.165, 1.54) is 262 Å². The van der Waals surface area contributed by atoms with Crippen molar-refractivity contribution in [2.75, 3.05) is 0 Å². The van der Waals surface area contributed by atoms with E-state index in [1.54, 1.807) is 0 Å². The molecule has 0 N–H and O–H groups in total. The van der Waals surface area contributed by atoms with Crippen LogP contribution in [-0.4, -0.2) is 235 Å². The third kappa shape index (κ3) is 7.30. The highest BCUT2D eigenvalue weighted by atomic mass is 16.3. The van der Waals surface area contributed by atoms with Crippen molar-refractivity contribution in [2.24, 2.45) is 0 Å². The Hall–Kier alpha value is -4.75. The second kappa shape index (κ2) is 19.4. The van der Waals surface area contributed by atoms with E-state index in [2.05, 4.69) is 235 Å². The lowest BCUT2D eigenvalue weighted by Crippen LogP contribution is -2.52. The van der Waals surface area contributed by atoms with Crippen molar-refractivity contribution in [1.29, 1.82) is 0 Å². The van der Waals surface area contributed by atoms with Crippen molar-refractivity contribution in [3.8, 4) is 33.4 Å². The first-order valence-electron chi connectivity index (χ1n) is 30.2. The summed E-state index contributed by atoms with van der Waals surface area (Å²) in [6.07, 6.45) is 0. The number of benzene rings is 10. The predicted octanol–water partition coefficient (Wildman–Crippen LogP) is -37.9. The molecule has 1 heterocycles. The molecule has 0 fully saturated rings. The highest BCUT2D eigenvalue weighted by Crippen LogP contribution is 2.43. The van der Waals surface area contributed by atoms with Crippen molar-refractivity contribution in [3.63, 3.8) is 0 Å². The second-order valence-corrected chi connectivity index (χ2v) is 26.3. The fraction of sp³-hybridized carbons (Fsp3) is 0. The molecule has 356 valence electrons. The Kier molecular flexibility index (Phi) is 13.9. The Morgan fingerprint density at radius 1 is 0.111 bits per heavy atom. The number of hydrogen-bond acceptors (Lipinski definition) is 1. The molecular weight excluding hydrogens is 941 g/mol. The SMILES string of the molecule is Bc1c(B)c(-c2c3c(B)c(B)c(B)c(B)c3c(-c3c(B)c(B)c(B)c4oc5c(B)c6c(B)c(B)c(B)c(B)c6c(B)c5c34)c3c(B)c(B)c(B)c(B)c23)c(B)c(B)c1-c1c(B)c(B)c2c(B)c(B)c3c(B)c(B)c(B)c(B)c3c2c1B. The molecule has 0 atom stereocenters. The maximum Gasteiger partial charge on any atom is 0.145 e. The molecule has 0 saturated carbocycles. The molecule has 1 aromatic heterocycles. The summed E-state index contributed by atoms with van der Waals surface area (Å²) in [6, 6.07) is 0. The summed E-state index contributed by atoms with van der Waals surface area (Å²) < 4.78 is 7.48. The van der Waals surface area contributed by atoms with Gasteiger partial charge in [-0.2, -0.15) is 0 Å². The van der Waals surface area contributed by atoms with Gasteiger partial charge in [0.05, 0.1) is 0 Å². The molecular formula is C50H60B30O. The van der Waals surface area contributed by atoms with Crippen LogP contribution in [0.1, 0.15) is 0 Å². The summed E-state index contributed by atoms with van der Waals surface area (Å²) in [5.41, 5.74) is 51.4. The zero-order valence-corrected chi connectivity index (χ0v) is 55.4. The average molecular weight is 1000 g/mol. The van der Waals surface area contributed by atoms with Gasteiger partial charge >= 0.3 is 0 Å². The van der Waals surface area contributed by atoms with Gasteiger partial charge in [0.2, 0.25) is 0 Å². The summed E-state index contributed by atoms with van der Waals surface area (Å²) in [6.45, 7) is 0. The van der Waals surface area contributed by atoms with Crippen molar-refractivity contribution in [2.45, 2.75) is 0 Å². The van der Waals surface area contributed by atoms with Crippen LogP contribution in [0.25, 0.3) is 109 Å². The third-order valence-electron chi connectivity index (χ3n) is 23.5. The van der Waals surface area contributed by atoms with Crippen molar-refractivity contribution in [1.82, 2.24) is 0 Å². The summed E-state index contributed by atoms with van der Waals surface area (Å²) >= 11 is 0. The monoisotopic (exact) mass is 1010 g/mol. The Morgan fingerprint density at radius 2 is 0.321 bits per heavy atom. The van der Waals surface area contributed by atoms with E-state index < -0.39 is 0 Å². The summed E-state index contributed by atoms with van der Waals surface area (Å²) in [7, 11) is 71.4. The first kappa shape index (κ1) is 58.0. The standard InChI is InChI=1S/C50H60B30O/c51-19-8-9-13(35(67)44(76)43(75)26(9)58)31(63)29(61)12(8)30(62)32(64)14(19)16-33(65)27(59)11(28(60)34(16)66)2-5-3(21(53)39(71)41(73)23(5)55)1(4-6(2)24(56)42(74)40(72)22(4)54)7-10-18-20(52)15-17(37(69)46(78)45(77)36(15)68)38(70)50(18)81-49(10)48(80)47(79)25(7)57/h51-80H2. The van der Waals surface area contributed by atoms with Gasteiger partial charge < -0.3 is 4.42 Å². The molecule has 0 aliphatic heterocycles.